The van der Waals surface area contributed by atoms with E-state index in [0.717, 1.165) is 27.8 Å². The quantitative estimate of drug-likeness (QED) is 0.186. The number of hydrogen-bond donors (Lipinski definition) is 0. The monoisotopic (exact) mass is 598 g/mol. The van der Waals surface area contributed by atoms with Gasteiger partial charge in [-0.1, -0.05) is 157 Å². The number of methoxy groups -OCH3 is 1. The maximum absolute atomic E-state index is 12.1. The van der Waals surface area contributed by atoms with Gasteiger partial charge in [-0.25, -0.2) is 4.39 Å². The lowest BCUT2D eigenvalue weighted by Crippen LogP contribution is -1.84. The van der Waals surface area contributed by atoms with Crippen LogP contribution in [-0.4, -0.2) is 7.11 Å². The minimum Gasteiger partial charge on any atom is -0.496 e. The second-order valence-corrected chi connectivity index (χ2v) is 10.9. The number of aryl methyl sites for hydroxylation is 5. The Labute approximate surface area is 265 Å². The van der Waals surface area contributed by atoms with E-state index in [1.54, 1.807) is 19.2 Å². The molecule has 0 aliphatic heterocycles. The molecule has 0 radical (unpaired) electrons. The van der Waals surface area contributed by atoms with Crippen LogP contribution in [0.15, 0.2) is 133 Å². The van der Waals surface area contributed by atoms with Crippen molar-refractivity contribution in [3.8, 4) is 5.75 Å². The van der Waals surface area contributed by atoms with Gasteiger partial charge in [-0.15, -0.1) is 0 Å². The summed E-state index contributed by atoms with van der Waals surface area (Å²) in [7, 11) is 1.68. The molecule has 0 unspecified atom stereocenters. The summed E-state index contributed by atoms with van der Waals surface area (Å²) in [6.45, 7) is 12.4. The molecule has 0 N–H and O–H groups in total. The number of rotatable bonds is 1. The summed E-state index contributed by atoms with van der Waals surface area (Å²) < 4.78 is 17.1. The third-order valence-electron chi connectivity index (χ3n) is 6.15. The molecule has 3 heteroatoms. The lowest BCUT2D eigenvalue weighted by Gasteiger charge is -2.00. The molecule has 228 valence electrons. The molecule has 1 nitrogen and oxygen atoms in total. The van der Waals surface area contributed by atoms with Gasteiger partial charge in [0.15, 0.2) is 0 Å². The molecule has 0 heterocycles. The van der Waals surface area contributed by atoms with E-state index >= 15 is 0 Å². The van der Waals surface area contributed by atoms with Crippen LogP contribution in [0.5, 0.6) is 5.75 Å². The van der Waals surface area contributed by atoms with Gasteiger partial charge in [0.25, 0.3) is 0 Å². The molecule has 1 aliphatic carbocycles. The Morgan fingerprint density at radius 3 is 1.16 bits per heavy atom. The van der Waals surface area contributed by atoms with E-state index in [4.69, 9.17) is 16.3 Å². The van der Waals surface area contributed by atoms with Gasteiger partial charge in [0, 0.05) is 5.02 Å². The van der Waals surface area contributed by atoms with Gasteiger partial charge < -0.3 is 4.74 Å². The normalized spacial score (nSPS) is 10.6. The third-order valence-corrected chi connectivity index (χ3v) is 6.57. The molecule has 0 aromatic heterocycles. The Bertz CT molecular complexity index is 1290. The van der Waals surface area contributed by atoms with Gasteiger partial charge in [0.1, 0.15) is 11.6 Å². The van der Waals surface area contributed by atoms with Gasteiger partial charge >= 0.3 is 0 Å². The standard InChI is InChI=1S/C8H10O.C7H7Cl.C7H7F.2C7H8.C4H8/c1-7-5-3-4-6-8(7)9-2;1-6-4-2-3-5-7(6)8;1-6-2-4-7(8)5-3-6;2*1-7-5-3-2-4-6-7;1-4-2-3-4/h3-6H,1-2H3;2*2-5H,1H3;2*2-6H,1H3;4H,2-3H2,1H3. The van der Waals surface area contributed by atoms with Crippen LogP contribution >= 0.6 is 11.6 Å². The summed E-state index contributed by atoms with van der Waals surface area (Å²) in [5.74, 6) is 1.87. The first-order chi connectivity index (χ1) is 20.6. The fourth-order valence-electron chi connectivity index (χ4n) is 3.11. The van der Waals surface area contributed by atoms with Crippen LogP contribution in [-0.2, 0) is 0 Å². The highest BCUT2D eigenvalue weighted by Crippen LogP contribution is 2.26. The first-order valence-electron chi connectivity index (χ1n) is 14.7. The zero-order valence-electron chi connectivity index (χ0n) is 26.9. The van der Waals surface area contributed by atoms with E-state index in [-0.39, 0.29) is 5.82 Å². The SMILES string of the molecule is CC1CC1.COc1ccccc1C.Cc1ccc(F)cc1.Cc1ccccc1.Cc1ccccc1.Cc1ccccc1Cl. The van der Waals surface area contributed by atoms with E-state index in [2.05, 4.69) is 45.0 Å². The number of halogens is 2. The summed E-state index contributed by atoms with van der Waals surface area (Å²) in [5.41, 5.74) is 6.05. The lowest BCUT2D eigenvalue weighted by atomic mass is 10.2. The van der Waals surface area contributed by atoms with Crippen molar-refractivity contribution in [3.05, 3.63) is 172 Å². The van der Waals surface area contributed by atoms with Gasteiger partial charge in [-0.3, -0.25) is 0 Å². The Balaban J connectivity index is 0.000000261. The van der Waals surface area contributed by atoms with Crippen LogP contribution in [0.1, 0.15) is 47.6 Å². The summed E-state index contributed by atoms with van der Waals surface area (Å²) in [6.07, 6.45) is 2.97. The van der Waals surface area contributed by atoms with Crippen LogP contribution in [0, 0.1) is 46.4 Å². The highest BCUT2D eigenvalue weighted by atomic mass is 35.5. The summed E-state index contributed by atoms with van der Waals surface area (Å²) in [4.78, 5) is 0. The molecular weight excluding hydrogens is 551 g/mol. The highest BCUT2D eigenvalue weighted by Gasteiger charge is 2.12. The molecule has 6 rings (SSSR count). The number of hydrogen-bond acceptors (Lipinski definition) is 1. The van der Waals surface area contributed by atoms with E-state index < -0.39 is 0 Å². The van der Waals surface area contributed by atoms with Crippen LogP contribution in [0.3, 0.4) is 0 Å². The Morgan fingerprint density at radius 1 is 0.535 bits per heavy atom. The van der Waals surface area contributed by atoms with Gasteiger partial charge in [-0.2, -0.15) is 0 Å². The van der Waals surface area contributed by atoms with Crippen molar-refractivity contribution in [2.45, 2.75) is 54.4 Å². The van der Waals surface area contributed by atoms with Crippen LogP contribution < -0.4 is 4.74 Å². The molecule has 5 aromatic rings. The highest BCUT2D eigenvalue weighted by molar-refractivity contribution is 6.31. The minimum atomic E-state index is -0.171. The smallest absolute Gasteiger partial charge is 0.123 e. The van der Waals surface area contributed by atoms with Crippen molar-refractivity contribution in [2.75, 3.05) is 7.11 Å². The van der Waals surface area contributed by atoms with Gasteiger partial charge in [0.05, 0.1) is 7.11 Å². The zero-order valence-corrected chi connectivity index (χ0v) is 27.6. The summed E-state index contributed by atoms with van der Waals surface area (Å²) in [6, 6.07) is 42.6. The van der Waals surface area contributed by atoms with Crippen LogP contribution in [0.25, 0.3) is 0 Å². The van der Waals surface area contributed by atoms with E-state index in [1.165, 1.54) is 41.7 Å². The molecule has 1 saturated carbocycles. The van der Waals surface area contributed by atoms with Crippen molar-refractivity contribution in [2.24, 2.45) is 5.92 Å². The Kier molecular flexibility index (Phi) is 19.6. The molecule has 1 fully saturated rings. The summed E-state index contributed by atoms with van der Waals surface area (Å²) >= 11 is 5.71. The Hall–Kier alpha value is -3.88. The predicted octanol–water partition coefficient (Wildman–Crippen LogP) is 12.2. The second-order valence-electron chi connectivity index (χ2n) is 10.5. The van der Waals surface area contributed by atoms with E-state index in [1.807, 2.05) is 106 Å². The molecular formula is C40H48ClFO. The van der Waals surface area contributed by atoms with Crippen molar-refractivity contribution in [1.29, 1.82) is 0 Å². The zero-order chi connectivity index (χ0) is 31.9. The maximum Gasteiger partial charge on any atom is 0.123 e. The van der Waals surface area contributed by atoms with Crippen molar-refractivity contribution in [3.63, 3.8) is 0 Å². The fourth-order valence-corrected chi connectivity index (χ4v) is 3.24. The van der Waals surface area contributed by atoms with Crippen molar-refractivity contribution in [1.82, 2.24) is 0 Å². The second kappa shape index (κ2) is 22.7. The van der Waals surface area contributed by atoms with Gasteiger partial charge in [-0.05, 0) is 75.9 Å². The number of para-hydroxylation sites is 1. The third kappa shape index (κ3) is 20.6. The molecule has 0 atom stereocenters. The maximum atomic E-state index is 12.1. The van der Waals surface area contributed by atoms with Crippen LogP contribution in [0.2, 0.25) is 5.02 Å². The molecule has 1 aliphatic rings. The number of ether oxygens (including phenoxy) is 1. The largest absolute Gasteiger partial charge is 0.496 e. The first kappa shape index (κ1) is 37.1. The fraction of sp³-hybridized carbons (Fsp3) is 0.250. The van der Waals surface area contributed by atoms with E-state index in [0.29, 0.717) is 0 Å². The minimum absolute atomic E-state index is 0.171. The predicted molar refractivity (Wildman–Crippen MR) is 186 cm³/mol. The molecule has 0 amide bonds. The molecule has 5 aromatic carbocycles. The molecule has 43 heavy (non-hydrogen) atoms. The number of benzene rings is 5. The molecule has 0 spiro atoms. The van der Waals surface area contributed by atoms with Crippen molar-refractivity contribution >= 4 is 11.6 Å². The average Bonchev–Trinajstić information content (AvgIpc) is 3.81. The lowest BCUT2D eigenvalue weighted by molar-refractivity contribution is 0.411. The first-order valence-corrected chi connectivity index (χ1v) is 15.1. The topological polar surface area (TPSA) is 9.23 Å². The van der Waals surface area contributed by atoms with Crippen molar-refractivity contribution < 1.29 is 9.13 Å². The van der Waals surface area contributed by atoms with Gasteiger partial charge in [0.2, 0.25) is 0 Å². The Morgan fingerprint density at radius 2 is 0.907 bits per heavy atom. The summed E-state index contributed by atoms with van der Waals surface area (Å²) in [5, 5.41) is 0.840. The average molecular weight is 599 g/mol. The van der Waals surface area contributed by atoms with Crippen LogP contribution in [0.4, 0.5) is 4.39 Å². The molecule has 0 bridgehead atoms. The molecule has 0 saturated heterocycles. The van der Waals surface area contributed by atoms with E-state index in [9.17, 15) is 4.39 Å².